The van der Waals surface area contributed by atoms with Gasteiger partial charge in [-0.05, 0) is 37.3 Å². The third kappa shape index (κ3) is 3.68. The van der Waals surface area contributed by atoms with Gasteiger partial charge in [0.2, 0.25) is 0 Å². The monoisotopic (exact) mass is 387 g/mol. The van der Waals surface area contributed by atoms with Crippen LogP contribution in [0.25, 0.3) is 0 Å². The molecule has 1 aromatic rings. The van der Waals surface area contributed by atoms with E-state index in [1.807, 2.05) is 0 Å². The van der Waals surface area contributed by atoms with Crippen molar-refractivity contribution in [3.63, 3.8) is 0 Å². The largest absolute Gasteiger partial charge is 0.497 e. The van der Waals surface area contributed by atoms with E-state index in [9.17, 15) is 22.8 Å². The first-order chi connectivity index (χ1) is 12.7. The van der Waals surface area contributed by atoms with Crippen LogP contribution >= 0.6 is 0 Å². The Morgan fingerprint density at radius 3 is 2.56 bits per heavy atom. The number of alkyl halides is 3. The number of hydrogen-bond acceptors (Lipinski definition) is 4. The molecule has 148 valence electrons. The molecule has 1 aromatic carbocycles. The topological polar surface area (TPSA) is 76.1 Å². The van der Waals surface area contributed by atoms with Gasteiger partial charge in [-0.2, -0.15) is 13.2 Å². The first kappa shape index (κ1) is 19.3. The summed E-state index contributed by atoms with van der Waals surface area (Å²) in [5.41, 5.74) is -2.84. The molecule has 1 heterocycles. The number of benzene rings is 1. The highest BCUT2D eigenvalue weighted by Gasteiger charge is 2.64. The first-order valence-corrected chi connectivity index (χ1v) is 8.58. The van der Waals surface area contributed by atoms with Crippen LogP contribution in [0.5, 0.6) is 11.5 Å². The van der Waals surface area contributed by atoms with Gasteiger partial charge in [-0.15, -0.1) is 0 Å². The van der Waals surface area contributed by atoms with E-state index in [1.165, 1.54) is 25.3 Å². The van der Waals surface area contributed by atoms with Crippen molar-refractivity contribution < 1.29 is 37.3 Å². The second-order valence-electron chi connectivity index (χ2n) is 6.98. The van der Waals surface area contributed by atoms with Crippen molar-refractivity contribution in [1.82, 2.24) is 4.90 Å². The highest BCUT2D eigenvalue weighted by Crippen LogP contribution is 2.46. The van der Waals surface area contributed by atoms with Crippen LogP contribution in [0.2, 0.25) is 0 Å². The number of aliphatic carboxylic acids is 1. The molecule has 1 unspecified atom stereocenters. The smallest absolute Gasteiger partial charge is 0.406 e. The van der Waals surface area contributed by atoms with Gasteiger partial charge >= 0.3 is 12.1 Å². The van der Waals surface area contributed by atoms with Crippen LogP contribution in [0.4, 0.5) is 13.2 Å². The number of carboxylic acids is 1. The number of ether oxygens (including phenoxy) is 2. The molecule has 6 nitrogen and oxygen atoms in total. The molecule has 0 spiro atoms. The van der Waals surface area contributed by atoms with Crippen molar-refractivity contribution >= 4 is 11.9 Å². The molecular weight excluding hydrogens is 367 g/mol. The average molecular weight is 387 g/mol. The minimum atomic E-state index is -4.95. The summed E-state index contributed by atoms with van der Waals surface area (Å²) in [6, 6.07) is 4.46. The first-order valence-electron chi connectivity index (χ1n) is 8.58. The van der Waals surface area contributed by atoms with Crippen molar-refractivity contribution in [3.8, 4) is 11.5 Å². The molecule has 27 heavy (non-hydrogen) atoms. The molecule has 1 N–H and O–H groups in total. The van der Waals surface area contributed by atoms with Crippen molar-refractivity contribution in [3.05, 3.63) is 23.8 Å². The number of carbonyl (C=O) groups excluding carboxylic acids is 1. The van der Waals surface area contributed by atoms with Gasteiger partial charge < -0.3 is 19.5 Å². The fourth-order valence-electron chi connectivity index (χ4n) is 3.10. The van der Waals surface area contributed by atoms with E-state index >= 15 is 0 Å². The molecular formula is C18H20F3NO5. The van der Waals surface area contributed by atoms with Crippen LogP contribution < -0.4 is 9.47 Å². The summed E-state index contributed by atoms with van der Waals surface area (Å²) in [4.78, 5) is 25.0. The van der Waals surface area contributed by atoms with E-state index in [2.05, 4.69) is 0 Å². The van der Waals surface area contributed by atoms with Gasteiger partial charge in [0.15, 0.2) is 5.41 Å². The van der Waals surface area contributed by atoms with Crippen molar-refractivity contribution in [2.45, 2.75) is 25.4 Å². The van der Waals surface area contributed by atoms with Gasteiger partial charge in [0.25, 0.3) is 5.91 Å². The van der Waals surface area contributed by atoms with E-state index in [0.29, 0.717) is 18.3 Å². The van der Waals surface area contributed by atoms with Gasteiger partial charge in [-0.3, -0.25) is 9.59 Å². The third-order valence-electron chi connectivity index (χ3n) is 5.10. The number of carbonyl (C=O) groups is 2. The maximum atomic E-state index is 13.3. The second kappa shape index (κ2) is 6.94. The Morgan fingerprint density at radius 1 is 1.33 bits per heavy atom. The summed E-state index contributed by atoms with van der Waals surface area (Å²) in [6.45, 7) is -0.799. The summed E-state index contributed by atoms with van der Waals surface area (Å²) < 4.78 is 50.8. The number of halogens is 3. The quantitative estimate of drug-likeness (QED) is 0.812. The molecule has 1 aliphatic carbocycles. The summed E-state index contributed by atoms with van der Waals surface area (Å²) in [5.74, 6) is -1.56. The lowest BCUT2D eigenvalue weighted by Gasteiger charge is -2.27. The van der Waals surface area contributed by atoms with Gasteiger partial charge in [0, 0.05) is 19.2 Å². The Hall–Kier alpha value is -2.45. The zero-order valence-electron chi connectivity index (χ0n) is 14.7. The number of rotatable bonds is 6. The van der Waals surface area contributed by atoms with Gasteiger partial charge in [0.05, 0.1) is 19.3 Å². The van der Waals surface area contributed by atoms with E-state index in [1.54, 1.807) is 0 Å². The fourth-order valence-corrected chi connectivity index (χ4v) is 3.10. The molecule has 1 aliphatic heterocycles. The summed E-state index contributed by atoms with van der Waals surface area (Å²) in [5, 5.41) is 9.15. The molecule has 0 bridgehead atoms. The van der Waals surface area contributed by atoms with Crippen LogP contribution in [0.15, 0.2) is 18.2 Å². The van der Waals surface area contributed by atoms with Gasteiger partial charge in [-0.1, -0.05) is 0 Å². The third-order valence-corrected chi connectivity index (χ3v) is 5.10. The van der Waals surface area contributed by atoms with Gasteiger partial charge in [0.1, 0.15) is 11.5 Å². The normalized spacial score (nSPS) is 22.6. The Kier molecular flexibility index (Phi) is 4.96. The van der Waals surface area contributed by atoms with E-state index in [-0.39, 0.29) is 17.9 Å². The maximum absolute atomic E-state index is 13.3. The average Bonchev–Trinajstić information content (AvgIpc) is 3.32. The zero-order valence-corrected chi connectivity index (χ0v) is 14.7. The van der Waals surface area contributed by atoms with Gasteiger partial charge in [-0.25, -0.2) is 0 Å². The molecule has 1 amide bonds. The molecule has 0 radical (unpaired) electrons. The molecule has 1 saturated carbocycles. The maximum Gasteiger partial charge on any atom is 0.406 e. The van der Waals surface area contributed by atoms with E-state index in [0.717, 1.165) is 17.7 Å². The lowest BCUT2D eigenvalue weighted by Crippen LogP contribution is -2.47. The minimum Gasteiger partial charge on any atom is -0.497 e. The van der Waals surface area contributed by atoms with Crippen molar-refractivity contribution in [1.29, 1.82) is 0 Å². The molecule has 2 fully saturated rings. The summed E-state index contributed by atoms with van der Waals surface area (Å²) in [6.07, 6.45) is -3.55. The van der Waals surface area contributed by atoms with Crippen LogP contribution in [0.1, 0.15) is 29.6 Å². The molecule has 3 rings (SSSR count). The summed E-state index contributed by atoms with van der Waals surface area (Å²) >= 11 is 0. The highest BCUT2D eigenvalue weighted by atomic mass is 19.4. The minimum absolute atomic E-state index is 0.0970. The van der Waals surface area contributed by atoms with Crippen molar-refractivity contribution in [2.75, 3.05) is 26.8 Å². The zero-order chi connectivity index (χ0) is 19.8. The lowest BCUT2D eigenvalue weighted by molar-refractivity contribution is -0.227. The Labute approximate surface area is 153 Å². The van der Waals surface area contributed by atoms with Crippen LogP contribution in [0, 0.1) is 11.3 Å². The Morgan fingerprint density at radius 2 is 2.04 bits per heavy atom. The predicted molar refractivity (Wildman–Crippen MR) is 87.9 cm³/mol. The molecule has 0 aromatic heterocycles. The molecule has 1 atom stereocenters. The number of carboxylic acid groups (broad SMARTS) is 1. The number of methoxy groups -OCH3 is 1. The van der Waals surface area contributed by atoms with E-state index < -0.39 is 36.4 Å². The fraction of sp³-hybridized carbons (Fsp3) is 0.556. The number of nitrogens with zero attached hydrogens (tertiary/aromatic N) is 1. The Bertz CT molecular complexity index is 747. The molecule has 2 aliphatic rings. The molecule has 1 saturated heterocycles. The predicted octanol–water partition coefficient (Wildman–Crippen LogP) is 2.96. The number of hydrogen-bond donors (Lipinski definition) is 1. The van der Waals surface area contributed by atoms with Crippen LogP contribution in [-0.4, -0.2) is 54.9 Å². The summed E-state index contributed by atoms with van der Waals surface area (Å²) in [7, 11) is 1.45. The highest BCUT2D eigenvalue weighted by molar-refractivity contribution is 5.98. The second-order valence-corrected chi connectivity index (χ2v) is 6.98. The lowest BCUT2D eigenvalue weighted by atomic mass is 9.86. The van der Waals surface area contributed by atoms with Crippen LogP contribution in [-0.2, 0) is 4.79 Å². The standard InChI is InChI=1S/C18H20F3NO5/c1-26-12-4-5-13(14(8-12)27-9-11-2-3-11)15(23)22-7-6-17(10-22,16(24)25)18(19,20)21/h4-5,8,11H,2-3,6-7,9-10H2,1H3,(H,24,25). The Balaban J connectivity index is 1.84. The van der Waals surface area contributed by atoms with E-state index in [4.69, 9.17) is 14.6 Å². The van der Waals surface area contributed by atoms with Crippen molar-refractivity contribution in [2.24, 2.45) is 11.3 Å². The number of likely N-dealkylation sites (tertiary alicyclic amines) is 1. The SMILES string of the molecule is COc1ccc(C(=O)N2CCC(C(=O)O)(C(F)(F)F)C2)c(OCC2CC2)c1. The van der Waals surface area contributed by atoms with Crippen LogP contribution in [0.3, 0.4) is 0 Å². The molecule has 9 heteroatoms. The number of amides is 1.